The summed E-state index contributed by atoms with van der Waals surface area (Å²) in [5.41, 5.74) is 1.52. The molecule has 2 fully saturated rings. The van der Waals surface area contributed by atoms with E-state index in [1.54, 1.807) is 41.1 Å². The van der Waals surface area contributed by atoms with Crippen molar-refractivity contribution in [3.8, 4) is 12.3 Å². The number of hydrogen-bond acceptors (Lipinski definition) is 5. The van der Waals surface area contributed by atoms with Crippen molar-refractivity contribution < 1.29 is 14.7 Å². The smallest absolute Gasteiger partial charge is 0.262 e. The minimum atomic E-state index is -1.12. The van der Waals surface area contributed by atoms with E-state index in [0.717, 1.165) is 5.56 Å². The maximum atomic E-state index is 14.0. The van der Waals surface area contributed by atoms with Gasteiger partial charge in [0, 0.05) is 62.4 Å². The Balaban J connectivity index is 1.16. The van der Waals surface area contributed by atoms with Crippen LogP contribution in [0.4, 0.5) is 0 Å². The first-order chi connectivity index (χ1) is 20.8. The molecule has 2 aromatic carbocycles. The molecule has 2 saturated heterocycles. The standard InChI is InChI=1S/C34H35N5O4/c1-3-24-8-7-11-26(20-24)31(40)38-17-13-27(29(21-38)25-9-5-4-6-10-25)32(41)37-18-14-34(43,15-19-37)22-39-23-35-30-28(33(39)42)12-16-36(30)2/h1,4-12,16,20,23,27,29,43H,13-15,17-19,21-22H2,2H3/t27-,29+/m1/s1. The van der Waals surface area contributed by atoms with Crippen molar-refractivity contribution >= 4 is 22.8 Å². The summed E-state index contributed by atoms with van der Waals surface area (Å²) < 4.78 is 3.26. The summed E-state index contributed by atoms with van der Waals surface area (Å²) in [6.07, 6.45) is 10.1. The number of rotatable bonds is 5. The van der Waals surface area contributed by atoms with Crippen LogP contribution in [-0.2, 0) is 18.4 Å². The molecule has 2 amide bonds. The van der Waals surface area contributed by atoms with Gasteiger partial charge < -0.3 is 19.5 Å². The van der Waals surface area contributed by atoms with Gasteiger partial charge in [0.2, 0.25) is 5.91 Å². The Morgan fingerprint density at radius 3 is 2.56 bits per heavy atom. The zero-order chi connectivity index (χ0) is 30.1. The minimum absolute atomic E-state index is 0.0434. The quantitative estimate of drug-likeness (QED) is 0.368. The number of likely N-dealkylation sites (tertiary alicyclic amines) is 2. The molecular formula is C34H35N5O4. The van der Waals surface area contributed by atoms with Crippen molar-refractivity contribution in [2.75, 3.05) is 26.2 Å². The van der Waals surface area contributed by atoms with Gasteiger partial charge in [-0.05, 0) is 49.1 Å². The lowest BCUT2D eigenvalue weighted by Crippen LogP contribution is -2.53. The van der Waals surface area contributed by atoms with Gasteiger partial charge >= 0.3 is 0 Å². The van der Waals surface area contributed by atoms with E-state index in [4.69, 9.17) is 6.42 Å². The predicted octanol–water partition coefficient (Wildman–Crippen LogP) is 3.02. The van der Waals surface area contributed by atoms with Crippen LogP contribution in [0.25, 0.3) is 11.0 Å². The second-order valence-corrected chi connectivity index (χ2v) is 11.8. The lowest BCUT2D eigenvalue weighted by molar-refractivity contribution is -0.142. The highest BCUT2D eigenvalue weighted by Gasteiger charge is 2.41. The molecule has 9 heteroatoms. The molecule has 0 spiro atoms. The Hall–Kier alpha value is -4.68. The molecule has 2 aliphatic heterocycles. The molecule has 1 N–H and O–H groups in total. The lowest BCUT2D eigenvalue weighted by atomic mass is 9.79. The Morgan fingerprint density at radius 1 is 1.05 bits per heavy atom. The predicted molar refractivity (Wildman–Crippen MR) is 163 cm³/mol. The number of benzene rings is 2. The Bertz CT molecular complexity index is 1760. The number of carbonyl (C=O) groups excluding carboxylic acids is 2. The van der Waals surface area contributed by atoms with Crippen LogP contribution in [0.15, 0.2) is 78.0 Å². The molecule has 2 aliphatic rings. The zero-order valence-corrected chi connectivity index (χ0v) is 24.2. The normalized spacial score (nSPS) is 20.1. The number of aliphatic hydroxyl groups is 1. The van der Waals surface area contributed by atoms with Crippen LogP contribution in [0.2, 0.25) is 0 Å². The average molecular weight is 578 g/mol. The van der Waals surface area contributed by atoms with Crippen LogP contribution >= 0.6 is 0 Å². The second kappa shape index (κ2) is 11.5. The third-order valence-electron chi connectivity index (χ3n) is 9.04. The van der Waals surface area contributed by atoms with E-state index < -0.39 is 5.60 Å². The maximum absolute atomic E-state index is 14.0. The van der Waals surface area contributed by atoms with E-state index in [0.29, 0.717) is 67.6 Å². The van der Waals surface area contributed by atoms with E-state index in [-0.39, 0.29) is 35.8 Å². The number of aromatic nitrogens is 3. The Kier molecular flexibility index (Phi) is 7.63. The molecule has 0 radical (unpaired) electrons. The molecule has 4 aromatic rings. The summed E-state index contributed by atoms with van der Waals surface area (Å²) in [5.74, 6) is 2.09. The van der Waals surface area contributed by atoms with Gasteiger partial charge in [-0.3, -0.25) is 19.0 Å². The highest BCUT2D eigenvalue weighted by atomic mass is 16.3. The molecule has 0 unspecified atom stereocenters. The number of fused-ring (bicyclic) bond motifs is 1. The van der Waals surface area contributed by atoms with Gasteiger partial charge in [0.1, 0.15) is 12.0 Å². The molecule has 0 aliphatic carbocycles. The fraction of sp³-hybridized carbons (Fsp3) is 0.353. The molecule has 220 valence electrons. The molecular weight excluding hydrogens is 542 g/mol. The van der Waals surface area contributed by atoms with E-state index in [1.807, 2.05) is 47.2 Å². The van der Waals surface area contributed by atoms with Crippen molar-refractivity contribution in [3.05, 3.63) is 100 Å². The van der Waals surface area contributed by atoms with Gasteiger partial charge in [0.25, 0.3) is 11.5 Å². The average Bonchev–Trinajstić information content (AvgIpc) is 3.43. The molecule has 0 saturated carbocycles. The third kappa shape index (κ3) is 5.58. The van der Waals surface area contributed by atoms with Crippen molar-refractivity contribution in [1.82, 2.24) is 23.9 Å². The molecule has 0 bridgehead atoms. The monoisotopic (exact) mass is 577 g/mol. The first-order valence-electron chi connectivity index (χ1n) is 14.7. The van der Waals surface area contributed by atoms with Gasteiger partial charge in [-0.2, -0.15) is 0 Å². The molecule has 9 nitrogen and oxygen atoms in total. The van der Waals surface area contributed by atoms with Crippen molar-refractivity contribution in [2.45, 2.75) is 37.3 Å². The summed E-state index contributed by atoms with van der Waals surface area (Å²) in [4.78, 5) is 48.5. The number of aryl methyl sites for hydroxylation is 1. The highest BCUT2D eigenvalue weighted by molar-refractivity contribution is 5.95. The topological polar surface area (TPSA) is 101 Å². The number of carbonyl (C=O) groups is 2. The SMILES string of the molecule is C#Cc1cccc(C(=O)N2CC[C@@H](C(=O)N3CCC(O)(Cn4cnc5c(ccn5C)c4=O)CC3)[C@H](c3ccccc3)C2)c1. The Morgan fingerprint density at radius 2 is 1.81 bits per heavy atom. The number of nitrogens with zero attached hydrogens (tertiary/aromatic N) is 5. The number of piperidine rings is 2. The summed E-state index contributed by atoms with van der Waals surface area (Å²) in [5, 5.41) is 11.9. The van der Waals surface area contributed by atoms with Gasteiger partial charge in [-0.1, -0.05) is 42.3 Å². The van der Waals surface area contributed by atoms with Gasteiger partial charge in [-0.15, -0.1) is 6.42 Å². The fourth-order valence-corrected chi connectivity index (χ4v) is 6.54. The molecule has 2 atom stereocenters. The first-order valence-corrected chi connectivity index (χ1v) is 14.7. The number of hydrogen-bond donors (Lipinski definition) is 1. The van der Waals surface area contributed by atoms with Crippen LogP contribution in [0.3, 0.4) is 0 Å². The lowest BCUT2D eigenvalue weighted by Gasteiger charge is -2.43. The van der Waals surface area contributed by atoms with E-state index in [9.17, 15) is 19.5 Å². The van der Waals surface area contributed by atoms with E-state index >= 15 is 0 Å². The third-order valence-corrected chi connectivity index (χ3v) is 9.04. The number of amides is 2. The summed E-state index contributed by atoms with van der Waals surface area (Å²) in [6, 6.07) is 18.7. The second-order valence-electron chi connectivity index (χ2n) is 11.8. The van der Waals surface area contributed by atoms with Crippen LogP contribution in [-0.4, -0.2) is 72.6 Å². The summed E-state index contributed by atoms with van der Waals surface area (Å²) >= 11 is 0. The van der Waals surface area contributed by atoms with Gasteiger partial charge in [-0.25, -0.2) is 4.98 Å². The van der Waals surface area contributed by atoms with Crippen LogP contribution < -0.4 is 5.56 Å². The summed E-state index contributed by atoms with van der Waals surface area (Å²) in [7, 11) is 1.84. The van der Waals surface area contributed by atoms with Crippen LogP contribution in [0, 0.1) is 18.3 Å². The van der Waals surface area contributed by atoms with Crippen molar-refractivity contribution in [3.63, 3.8) is 0 Å². The molecule has 43 heavy (non-hydrogen) atoms. The van der Waals surface area contributed by atoms with E-state index in [2.05, 4.69) is 10.9 Å². The van der Waals surface area contributed by atoms with Crippen molar-refractivity contribution in [2.24, 2.45) is 13.0 Å². The largest absolute Gasteiger partial charge is 0.388 e. The minimum Gasteiger partial charge on any atom is -0.388 e. The van der Waals surface area contributed by atoms with E-state index in [1.165, 1.54) is 10.9 Å². The maximum Gasteiger partial charge on any atom is 0.262 e. The fourth-order valence-electron chi connectivity index (χ4n) is 6.54. The van der Waals surface area contributed by atoms with Crippen LogP contribution in [0.5, 0.6) is 0 Å². The van der Waals surface area contributed by atoms with Crippen LogP contribution in [0.1, 0.15) is 46.7 Å². The molecule has 6 rings (SSSR count). The first kappa shape index (κ1) is 28.4. The van der Waals surface area contributed by atoms with Gasteiger partial charge in [0.15, 0.2) is 0 Å². The molecule has 2 aromatic heterocycles. The van der Waals surface area contributed by atoms with Crippen molar-refractivity contribution in [1.29, 1.82) is 0 Å². The number of terminal acetylenes is 1. The highest BCUT2D eigenvalue weighted by Crippen LogP contribution is 2.36. The Labute approximate surface area is 250 Å². The van der Waals surface area contributed by atoms with Gasteiger partial charge in [0.05, 0.1) is 17.5 Å². The molecule has 4 heterocycles. The summed E-state index contributed by atoms with van der Waals surface area (Å²) in [6.45, 7) is 1.80. The zero-order valence-electron chi connectivity index (χ0n) is 24.2.